The Balaban J connectivity index is 1.70. The zero-order chi connectivity index (χ0) is 30.3. The van der Waals surface area contributed by atoms with E-state index in [1.165, 1.54) is 44.6 Å². The molecule has 0 saturated heterocycles. The Morgan fingerprint density at radius 1 is 0.667 bits per heavy atom. The normalized spacial score (nSPS) is 11.3. The molecule has 0 fully saturated rings. The summed E-state index contributed by atoms with van der Waals surface area (Å²) < 4.78 is 27.5. The predicted octanol–water partition coefficient (Wildman–Crippen LogP) is 7.83. The van der Waals surface area contributed by atoms with Crippen molar-refractivity contribution in [3.8, 4) is 23.0 Å². The van der Waals surface area contributed by atoms with E-state index in [-0.39, 0.29) is 35.3 Å². The van der Waals surface area contributed by atoms with E-state index < -0.39 is 17.9 Å². The third-order valence-electron chi connectivity index (χ3n) is 6.53. The lowest BCUT2D eigenvalue weighted by molar-refractivity contribution is 0.0492. The highest BCUT2D eigenvalue weighted by atomic mass is 16.6. The average molecular weight is 577 g/mol. The van der Waals surface area contributed by atoms with Crippen LogP contribution in [0.2, 0.25) is 0 Å². The van der Waals surface area contributed by atoms with Gasteiger partial charge in [-0.05, 0) is 92.9 Å². The molecule has 3 aromatic carbocycles. The van der Waals surface area contributed by atoms with Crippen molar-refractivity contribution in [1.82, 2.24) is 0 Å². The van der Waals surface area contributed by atoms with Crippen LogP contribution in [0, 0.1) is 0 Å². The SMILES string of the molecule is CCCCCC[C@@H](C)Oc1ccc(C(=O)Oc2ccc(OC(=O)c3ccc(OC)cc3)c(C(=O)OCCCC)c2)cc1. The fraction of sp³-hybridized carbons (Fsp3) is 0.382. The van der Waals surface area contributed by atoms with Crippen LogP contribution in [0.25, 0.3) is 0 Å². The number of benzene rings is 3. The highest BCUT2D eigenvalue weighted by Crippen LogP contribution is 2.27. The van der Waals surface area contributed by atoms with Crippen LogP contribution in [0.4, 0.5) is 0 Å². The van der Waals surface area contributed by atoms with Crippen LogP contribution in [0.3, 0.4) is 0 Å². The Hall–Kier alpha value is -4.33. The molecule has 3 aromatic rings. The molecule has 0 aliphatic carbocycles. The number of rotatable bonds is 16. The number of esters is 3. The molecule has 0 unspecified atom stereocenters. The van der Waals surface area contributed by atoms with Gasteiger partial charge in [-0.25, -0.2) is 14.4 Å². The first kappa shape index (κ1) is 32.2. The number of carbonyl (C=O) groups is 3. The minimum absolute atomic E-state index is 0.0116. The first-order valence-corrected chi connectivity index (χ1v) is 14.5. The lowest BCUT2D eigenvalue weighted by Crippen LogP contribution is -2.15. The van der Waals surface area contributed by atoms with Gasteiger partial charge >= 0.3 is 17.9 Å². The van der Waals surface area contributed by atoms with Crippen molar-refractivity contribution in [2.45, 2.75) is 71.8 Å². The average Bonchev–Trinajstić information content (AvgIpc) is 3.00. The maximum atomic E-state index is 12.9. The third kappa shape index (κ3) is 9.94. The summed E-state index contributed by atoms with van der Waals surface area (Å²) in [5.74, 6) is -0.605. The zero-order valence-electron chi connectivity index (χ0n) is 24.9. The molecule has 8 nitrogen and oxygen atoms in total. The van der Waals surface area contributed by atoms with Gasteiger partial charge < -0.3 is 23.7 Å². The summed E-state index contributed by atoms with van der Waals surface area (Å²) in [5, 5.41) is 0. The molecule has 0 spiro atoms. The molecule has 224 valence electrons. The molecule has 0 heterocycles. The quantitative estimate of drug-likeness (QED) is 0.0967. The van der Waals surface area contributed by atoms with Gasteiger partial charge in [0.25, 0.3) is 0 Å². The molecule has 0 amide bonds. The fourth-order valence-electron chi connectivity index (χ4n) is 4.08. The smallest absolute Gasteiger partial charge is 0.343 e. The van der Waals surface area contributed by atoms with Gasteiger partial charge in [0, 0.05) is 0 Å². The van der Waals surface area contributed by atoms with Crippen LogP contribution in [0.5, 0.6) is 23.0 Å². The van der Waals surface area contributed by atoms with Crippen LogP contribution in [-0.4, -0.2) is 37.7 Å². The molecular formula is C34H40O8. The predicted molar refractivity (Wildman–Crippen MR) is 160 cm³/mol. The number of unbranched alkanes of at least 4 members (excludes halogenated alkanes) is 4. The lowest BCUT2D eigenvalue weighted by atomic mass is 10.1. The molecule has 0 bridgehead atoms. The molecule has 3 rings (SSSR count). The van der Waals surface area contributed by atoms with Gasteiger partial charge in [-0.1, -0.05) is 39.5 Å². The summed E-state index contributed by atoms with van der Waals surface area (Å²) >= 11 is 0. The minimum atomic E-state index is -0.691. The van der Waals surface area contributed by atoms with Gasteiger partial charge in [-0.2, -0.15) is 0 Å². The first-order valence-electron chi connectivity index (χ1n) is 14.5. The van der Waals surface area contributed by atoms with Crippen molar-refractivity contribution >= 4 is 17.9 Å². The highest BCUT2D eigenvalue weighted by Gasteiger charge is 2.20. The first-order chi connectivity index (χ1) is 20.3. The lowest BCUT2D eigenvalue weighted by Gasteiger charge is -2.15. The largest absolute Gasteiger partial charge is 0.497 e. The molecule has 0 aromatic heterocycles. The van der Waals surface area contributed by atoms with E-state index in [1.807, 2.05) is 13.8 Å². The number of hydrogen-bond acceptors (Lipinski definition) is 8. The van der Waals surface area contributed by atoms with E-state index >= 15 is 0 Å². The van der Waals surface area contributed by atoms with Gasteiger partial charge in [-0.3, -0.25) is 0 Å². The monoisotopic (exact) mass is 576 g/mol. The molecule has 8 heteroatoms. The summed E-state index contributed by atoms with van der Waals surface area (Å²) in [6, 6.07) is 17.3. The van der Waals surface area contributed by atoms with E-state index in [0.29, 0.717) is 23.5 Å². The second-order valence-electron chi connectivity index (χ2n) is 9.96. The maximum Gasteiger partial charge on any atom is 0.343 e. The Morgan fingerprint density at radius 2 is 1.26 bits per heavy atom. The van der Waals surface area contributed by atoms with Crippen LogP contribution >= 0.6 is 0 Å². The Bertz CT molecular complexity index is 1300. The summed E-state index contributed by atoms with van der Waals surface area (Å²) in [4.78, 5) is 38.5. The van der Waals surface area contributed by atoms with Crippen molar-refractivity contribution < 1.29 is 38.1 Å². The molecular weight excluding hydrogens is 536 g/mol. The second-order valence-corrected chi connectivity index (χ2v) is 9.96. The molecule has 0 aliphatic heterocycles. The second kappa shape index (κ2) is 16.8. The van der Waals surface area contributed by atoms with Gasteiger partial charge in [0.15, 0.2) is 0 Å². The molecule has 42 heavy (non-hydrogen) atoms. The minimum Gasteiger partial charge on any atom is -0.497 e. The van der Waals surface area contributed by atoms with Gasteiger partial charge in [0.05, 0.1) is 30.9 Å². The number of hydrogen-bond donors (Lipinski definition) is 0. The van der Waals surface area contributed by atoms with Crippen molar-refractivity contribution in [3.63, 3.8) is 0 Å². The molecule has 0 radical (unpaired) electrons. The molecule has 0 saturated carbocycles. The van der Waals surface area contributed by atoms with Crippen LogP contribution < -0.4 is 18.9 Å². The summed E-state index contributed by atoms with van der Waals surface area (Å²) in [5.41, 5.74) is 0.560. The Kier molecular flexibility index (Phi) is 12.9. The molecule has 1 atom stereocenters. The van der Waals surface area contributed by atoms with E-state index in [4.69, 9.17) is 23.7 Å². The Labute approximate surface area is 247 Å². The van der Waals surface area contributed by atoms with Gasteiger partial charge in [0.1, 0.15) is 28.6 Å². The summed E-state index contributed by atoms with van der Waals surface area (Å²) in [6.07, 6.45) is 7.30. The fourth-order valence-corrected chi connectivity index (χ4v) is 4.08. The summed E-state index contributed by atoms with van der Waals surface area (Å²) in [7, 11) is 1.53. The highest BCUT2D eigenvalue weighted by molar-refractivity contribution is 5.97. The van der Waals surface area contributed by atoms with E-state index in [1.54, 1.807) is 48.5 Å². The van der Waals surface area contributed by atoms with Crippen LogP contribution in [-0.2, 0) is 4.74 Å². The third-order valence-corrected chi connectivity index (χ3v) is 6.53. The van der Waals surface area contributed by atoms with Crippen molar-refractivity contribution in [3.05, 3.63) is 83.4 Å². The maximum absolute atomic E-state index is 12.9. The number of carbonyl (C=O) groups excluding carboxylic acids is 3. The number of ether oxygens (including phenoxy) is 5. The van der Waals surface area contributed by atoms with E-state index in [0.717, 1.165) is 19.3 Å². The van der Waals surface area contributed by atoms with Crippen molar-refractivity contribution in [2.24, 2.45) is 0 Å². The standard InChI is InChI=1S/C34H40O8/c1-5-7-9-10-11-24(3)40-28-18-14-25(15-19-28)32(35)41-29-20-21-31(30(23-29)34(37)39-22-8-6-2)42-33(36)26-12-16-27(38-4)17-13-26/h12-21,23-24H,5-11,22H2,1-4H3/t24-/m1/s1. The van der Waals surface area contributed by atoms with Crippen molar-refractivity contribution in [2.75, 3.05) is 13.7 Å². The number of methoxy groups -OCH3 is 1. The Morgan fingerprint density at radius 3 is 1.88 bits per heavy atom. The van der Waals surface area contributed by atoms with E-state index in [9.17, 15) is 14.4 Å². The van der Waals surface area contributed by atoms with Crippen molar-refractivity contribution in [1.29, 1.82) is 0 Å². The summed E-state index contributed by atoms with van der Waals surface area (Å²) in [6.45, 7) is 6.41. The molecule has 0 aliphatic rings. The van der Waals surface area contributed by atoms with Gasteiger partial charge in [0.2, 0.25) is 0 Å². The van der Waals surface area contributed by atoms with E-state index in [2.05, 4.69) is 6.92 Å². The van der Waals surface area contributed by atoms with Gasteiger partial charge in [-0.15, -0.1) is 0 Å². The molecule has 0 N–H and O–H groups in total. The topological polar surface area (TPSA) is 97.4 Å². The van der Waals surface area contributed by atoms with Crippen LogP contribution in [0.1, 0.15) is 96.8 Å². The van der Waals surface area contributed by atoms with Crippen LogP contribution in [0.15, 0.2) is 66.7 Å². The zero-order valence-corrected chi connectivity index (χ0v) is 24.9.